The van der Waals surface area contributed by atoms with Crippen LogP contribution in [0.4, 0.5) is 13.2 Å². The zero-order valence-electron chi connectivity index (χ0n) is 20.8. The molecule has 0 spiro atoms. The summed E-state index contributed by atoms with van der Waals surface area (Å²) in [5, 5.41) is 13.3. The maximum atomic E-state index is 13.8. The molecular formula is C28H32F3N3O3. The molecule has 1 aromatic carbocycles. The van der Waals surface area contributed by atoms with E-state index in [0.717, 1.165) is 61.8 Å². The van der Waals surface area contributed by atoms with Crippen LogP contribution in [0.15, 0.2) is 35.6 Å². The molecular weight excluding hydrogens is 483 g/mol. The second kappa shape index (κ2) is 10.8. The third-order valence-electron chi connectivity index (χ3n) is 7.74. The molecule has 1 aromatic heterocycles. The highest BCUT2D eigenvalue weighted by Gasteiger charge is 2.36. The molecule has 6 nitrogen and oxygen atoms in total. The molecule has 1 saturated heterocycles. The van der Waals surface area contributed by atoms with E-state index >= 15 is 0 Å². The molecule has 5 rings (SSSR count). The van der Waals surface area contributed by atoms with Gasteiger partial charge in [0.25, 0.3) is 0 Å². The Labute approximate surface area is 214 Å². The number of likely N-dealkylation sites (tertiary alicyclic amines) is 1. The van der Waals surface area contributed by atoms with Crippen LogP contribution in [0.2, 0.25) is 0 Å². The number of aryl methyl sites for hydroxylation is 1. The van der Waals surface area contributed by atoms with E-state index < -0.39 is 17.7 Å². The van der Waals surface area contributed by atoms with E-state index in [2.05, 4.69) is 21.1 Å². The number of fused-ring (bicyclic) bond motifs is 1. The van der Waals surface area contributed by atoms with Crippen molar-refractivity contribution in [2.75, 3.05) is 13.1 Å². The van der Waals surface area contributed by atoms with Crippen molar-refractivity contribution in [3.63, 3.8) is 0 Å². The van der Waals surface area contributed by atoms with Crippen molar-refractivity contribution in [3.05, 3.63) is 64.0 Å². The number of oxime groups is 1. The van der Waals surface area contributed by atoms with Gasteiger partial charge in [0.05, 0.1) is 17.2 Å². The number of halogens is 3. The average Bonchev–Trinajstić information content (AvgIpc) is 2.85. The van der Waals surface area contributed by atoms with E-state index in [1.807, 2.05) is 0 Å². The van der Waals surface area contributed by atoms with E-state index in [-0.39, 0.29) is 18.4 Å². The molecule has 1 N–H and O–H groups in total. The lowest BCUT2D eigenvalue weighted by atomic mass is 9.81. The first-order chi connectivity index (χ1) is 17.8. The van der Waals surface area contributed by atoms with E-state index in [1.165, 1.54) is 6.07 Å². The Morgan fingerprint density at radius 3 is 2.59 bits per heavy atom. The number of pyridine rings is 1. The van der Waals surface area contributed by atoms with Crippen molar-refractivity contribution in [3.8, 4) is 0 Å². The number of hydrogen-bond donors (Lipinski definition) is 1. The second-order valence-electron chi connectivity index (χ2n) is 10.5. The Morgan fingerprint density at radius 2 is 1.86 bits per heavy atom. The van der Waals surface area contributed by atoms with Crippen LogP contribution in [-0.4, -0.2) is 39.8 Å². The largest absolute Gasteiger partial charge is 0.481 e. The molecule has 2 fully saturated rings. The second-order valence-corrected chi connectivity index (χ2v) is 10.5. The molecule has 0 atom stereocenters. The predicted molar refractivity (Wildman–Crippen MR) is 132 cm³/mol. The Bertz CT molecular complexity index is 1170. The first kappa shape index (κ1) is 25.7. The summed E-state index contributed by atoms with van der Waals surface area (Å²) in [4.78, 5) is 23.2. The summed E-state index contributed by atoms with van der Waals surface area (Å²) in [7, 11) is 0. The molecule has 9 heteroatoms. The van der Waals surface area contributed by atoms with Crippen molar-refractivity contribution in [1.82, 2.24) is 9.88 Å². The van der Waals surface area contributed by atoms with E-state index in [4.69, 9.17) is 9.94 Å². The summed E-state index contributed by atoms with van der Waals surface area (Å²) in [6.45, 7) is 1.71. The van der Waals surface area contributed by atoms with Gasteiger partial charge in [0.1, 0.15) is 12.3 Å². The Kier molecular flexibility index (Phi) is 7.51. The van der Waals surface area contributed by atoms with Gasteiger partial charge in [-0.2, -0.15) is 13.2 Å². The quantitative estimate of drug-likeness (QED) is 0.463. The van der Waals surface area contributed by atoms with Gasteiger partial charge < -0.3 is 9.94 Å². The summed E-state index contributed by atoms with van der Waals surface area (Å²) in [5.41, 5.74) is 3.87. The number of aromatic nitrogens is 1. The number of nitrogens with zero attached hydrogens (tertiary/aromatic N) is 3. The number of rotatable bonds is 7. The van der Waals surface area contributed by atoms with Gasteiger partial charge in [-0.25, -0.2) is 0 Å². The summed E-state index contributed by atoms with van der Waals surface area (Å²) in [6.07, 6.45) is 4.49. The van der Waals surface area contributed by atoms with Gasteiger partial charge in [-0.15, -0.1) is 0 Å². The lowest BCUT2D eigenvalue weighted by Gasteiger charge is -2.36. The number of carbonyl (C=O) groups is 1. The topological polar surface area (TPSA) is 75.0 Å². The molecule has 0 bridgehead atoms. The van der Waals surface area contributed by atoms with Crippen LogP contribution in [0.3, 0.4) is 0 Å². The van der Waals surface area contributed by atoms with Crippen molar-refractivity contribution in [2.45, 2.75) is 76.6 Å². The van der Waals surface area contributed by atoms with Crippen LogP contribution >= 0.6 is 0 Å². The zero-order valence-corrected chi connectivity index (χ0v) is 20.8. The fraction of sp³-hybridized carbons (Fsp3) is 0.536. The van der Waals surface area contributed by atoms with Crippen molar-refractivity contribution < 1.29 is 27.9 Å². The highest BCUT2D eigenvalue weighted by molar-refractivity contribution is 6.00. The van der Waals surface area contributed by atoms with Crippen molar-refractivity contribution >= 4 is 11.7 Å². The van der Waals surface area contributed by atoms with Gasteiger partial charge in [0.2, 0.25) is 0 Å². The molecule has 0 radical (unpaired) electrons. The van der Waals surface area contributed by atoms with Gasteiger partial charge in [-0.3, -0.25) is 14.7 Å². The number of carboxylic acid groups (broad SMARTS) is 1. The van der Waals surface area contributed by atoms with Crippen LogP contribution in [0.25, 0.3) is 0 Å². The molecule has 2 heterocycles. The molecule has 3 aliphatic rings. The molecule has 2 aromatic rings. The number of hydrogen-bond acceptors (Lipinski definition) is 5. The van der Waals surface area contributed by atoms with Gasteiger partial charge in [-0.05, 0) is 66.3 Å². The normalized spacial score (nSPS) is 20.5. The lowest BCUT2D eigenvalue weighted by Crippen LogP contribution is -2.49. The maximum Gasteiger partial charge on any atom is 0.416 e. The van der Waals surface area contributed by atoms with E-state index in [1.54, 1.807) is 18.3 Å². The van der Waals surface area contributed by atoms with E-state index in [0.29, 0.717) is 42.9 Å². The summed E-state index contributed by atoms with van der Waals surface area (Å²) in [5.74, 6) is -1.08. The minimum Gasteiger partial charge on any atom is -0.481 e. The molecule has 1 saturated carbocycles. The van der Waals surface area contributed by atoms with Gasteiger partial charge in [0.15, 0.2) is 0 Å². The highest BCUT2D eigenvalue weighted by Crippen LogP contribution is 2.41. The molecule has 1 aliphatic heterocycles. The molecule has 2 aliphatic carbocycles. The van der Waals surface area contributed by atoms with E-state index in [9.17, 15) is 18.0 Å². The maximum absolute atomic E-state index is 13.8. The summed E-state index contributed by atoms with van der Waals surface area (Å²) in [6, 6.07) is 6.66. The SMILES string of the molecule is O=C(O)C1CN(Cc2cnc3c(c2)CCCC3=NOCc2ccc(C3CCCCC3)c(C(F)(F)F)c2)C1. The minimum absolute atomic E-state index is 0.0324. The Hall–Kier alpha value is -2.94. The van der Waals surface area contributed by atoms with Crippen LogP contribution < -0.4 is 0 Å². The first-order valence-electron chi connectivity index (χ1n) is 13.1. The van der Waals surface area contributed by atoms with Crippen LogP contribution in [0, 0.1) is 5.92 Å². The lowest BCUT2D eigenvalue weighted by molar-refractivity contribution is -0.147. The molecule has 198 valence electrons. The number of alkyl halides is 3. The number of aliphatic carboxylic acids is 1. The molecule has 0 unspecified atom stereocenters. The smallest absolute Gasteiger partial charge is 0.416 e. The third-order valence-corrected chi connectivity index (χ3v) is 7.74. The van der Waals surface area contributed by atoms with Crippen molar-refractivity contribution in [1.29, 1.82) is 0 Å². The molecule has 0 amide bonds. The first-order valence-corrected chi connectivity index (χ1v) is 13.1. The summed E-state index contributed by atoms with van der Waals surface area (Å²) < 4.78 is 41.5. The number of carboxylic acids is 1. The Balaban J connectivity index is 1.24. The van der Waals surface area contributed by atoms with Gasteiger partial charge in [0, 0.05) is 25.8 Å². The fourth-order valence-corrected chi connectivity index (χ4v) is 5.76. The standard InChI is InChI=1S/C28H32F3N3O3/c29-28(30,31)24-12-18(9-10-23(24)20-5-2-1-3-6-20)17-37-33-25-8-4-7-21-11-19(13-32-26(21)25)14-34-15-22(16-34)27(35)36/h9-13,20,22H,1-8,14-17H2,(H,35,36). The molecule has 37 heavy (non-hydrogen) atoms. The van der Waals surface area contributed by atoms with Crippen molar-refractivity contribution in [2.24, 2.45) is 11.1 Å². The number of benzene rings is 1. The predicted octanol–water partition coefficient (Wildman–Crippen LogP) is 5.92. The Morgan fingerprint density at radius 1 is 1.08 bits per heavy atom. The average molecular weight is 516 g/mol. The third kappa shape index (κ3) is 5.98. The van der Waals surface area contributed by atoms with Gasteiger partial charge in [-0.1, -0.05) is 42.6 Å². The minimum atomic E-state index is -4.40. The summed E-state index contributed by atoms with van der Waals surface area (Å²) >= 11 is 0. The van der Waals surface area contributed by atoms with Gasteiger partial charge >= 0.3 is 12.1 Å². The highest BCUT2D eigenvalue weighted by atomic mass is 19.4. The van der Waals surface area contributed by atoms with Crippen LogP contribution in [0.1, 0.15) is 84.4 Å². The van der Waals surface area contributed by atoms with Crippen LogP contribution in [0.5, 0.6) is 0 Å². The monoisotopic (exact) mass is 515 g/mol. The van der Waals surface area contributed by atoms with Crippen LogP contribution in [-0.2, 0) is 35.4 Å². The fourth-order valence-electron chi connectivity index (χ4n) is 5.76. The zero-order chi connectivity index (χ0) is 26.0.